The van der Waals surface area contributed by atoms with Crippen LogP contribution in [0.1, 0.15) is 71.4 Å². The molecule has 1 heterocycles. The standard InChI is InChI=1S/C29H40N2O3/c1-7-30(19-23-13-15-24(16-14-23)21(2)3)28(33)25-10-9-17-31(20-25)26-11-8-12-27(18-26)34-29(5,6)22(4)32/h8,11-16,18,21,25H,7,9-10,17,19-20H2,1-6H3. The lowest BCUT2D eigenvalue weighted by Gasteiger charge is -2.36. The summed E-state index contributed by atoms with van der Waals surface area (Å²) in [5.74, 6) is 1.36. The van der Waals surface area contributed by atoms with E-state index in [0.717, 1.165) is 25.1 Å². The van der Waals surface area contributed by atoms with Crippen molar-refractivity contribution in [3.8, 4) is 5.75 Å². The van der Waals surface area contributed by atoms with E-state index in [4.69, 9.17) is 4.74 Å². The molecule has 0 bridgehead atoms. The topological polar surface area (TPSA) is 49.9 Å². The molecule has 1 aliphatic heterocycles. The van der Waals surface area contributed by atoms with E-state index in [2.05, 4.69) is 49.9 Å². The van der Waals surface area contributed by atoms with Crippen LogP contribution in [0.25, 0.3) is 0 Å². The number of benzene rings is 2. The van der Waals surface area contributed by atoms with Gasteiger partial charge in [0.15, 0.2) is 11.4 Å². The van der Waals surface area contributed by atoms with Crippen LogP contribution in [0.4, 0.5) is 5.69 Å². The number of anilines is 1. The third-order valence-corrected chi connectivity index (χ3v) is 6.89. The van der Waals surface area contributed by atoms with Gasteiger partial charge in [0.1, 0.15) is 5.75 Å². The van der Waals surface area contributed by atoms with Crippen molar-refractivity contribution in [1.29, 1.82) is 0 Å². The molecule has 0 radical (unpaired) electrons. The van der Waals surface area contributed by atoms with Gasteiger partial charge in [-0.25, -0.2) is 0 Å². The minimum absolute atomic E-state index is 0.0139. The highest BCUT2D eigenvalue weighted by Crippen LogP contribution is 2.29. The number of piperidine rings is 1. The molecule has 2 aromatic rings. The molecule has 1 fully saturated rings. The fourth-order valence-corrected chi connectivity index (χ4v) is 4.36. The smallest absolute Gasteiger partial charge is 0.227 e. The van der Waals surface area contributed by atoms with Gasteiger partial charge in [-0.2, -0.15) is 0 Å². The van der Waals surface area contributed by atoms with Crippen LogP contribution in [-0.4, -0.2) is 41.8 Å². The molecule has 0 spiro atoms. The highest BCUT2D eigenvalue weighted by Gasteiger charge is 2.30. The molecule has 34 heavy (non-hydrogen) atoms. The summed E-state index contributed by atoms with van der Waals surface area (Å²) in [4.78, 5) is 29.6. The molecular weight excluding hydrogens is 424 g/mol. The van der Waals surface area contributed by atoms with Gasteiger partial charge in [-0.1, -0.05) is 44.2 Å². The molecule has 5 nitrogen and oxygen atoms in total. The summed E-state index contributed by atoms with van der Waals surface area (Å²) in [5.41, 5.74) is 2.65. The number of carbonyl (C=O) groups is 2. The predicted molar refractivity (Wildman–Crippen MR) is 138 cm³/mol. The summed E-state index contributed by atoms with van der Waals surface area (Å²) < 4.78 is 5.96. The molecule has 0 saturated carbocycles. The first kappa shape index (κ1) is 25.8. The lowest BCUT2D eigenvalue weighted by molar-refractivity contribution is -0.136. The van der Waals surface area contributed by atoms with E-state index >= 15 is 0 Å². The summed E-state index contributed by atoms with van der Waals surface area (Å²) >= 11 is 0. The van der Waals surface area contributed by atoms with Gasteiger partial charge in [-0.15, -0.1) is 0 Å². The van der Waals surface area contributed by atoms with Crippen LogP contribution in [0.15, 0.2) is 48.5 Å². The number of carbonyl (C=O) groups excluding carboxylic acids is 2. The molecule has 1 atom stereocenters. The fourth-order valence-electron chi connectivity index (χ4n) is 4.36. The number of hydrogen-bond acceptors (Lipinski definition) is 4. The van der Waals surface area contributed by atoms with Crippen LogP contribution in [0.5, 0.6) is 5.75 Å². The van der Waals surface area contributed by atoms with Crippen molar-refractivity contribution in [3.63, 3.8) is 0 Å². The van der Waals surface area contributed by atoms with Crippen LogP contribution in [0.2, 0.25) is 0 Å². The molecule has 184 valence electrons. The van der Waals surface area contributed by atoms with E-state index in [-0.39, 0.29) is 17.6 Å². The lowest BCUT2D eigenvalue weighted by atomic mass is 9.95. The molecule has 3 rings (SSSR count). The van der Waals surface area contributed by atoms with E-state index in [1.165, 1.54) is 11.1 Å². The van der Waals surface area contributed by atoms with Gasteiger partial charge in [0.2, 0.25) is 5.91 Å². The van der Waals surface area contributed by atoms with E-state index in [9.17, 15) is 9.59 Å². The van der Waals surface area contributed by atoms with E-state index in [1.54, 1.807) is 20.8 Å². The van der Waals surface area contributed by atoms with Crippen LogP contribution in [-0.2, 0) is 16.1 Å². The maximum atomic E-state index is 13.5. The first-order valence-corrected chi connectivity index (χ1v) is 12.5. The van der Waals surface area contributed by atoms with Crippen LogP contribution < -0.4 is 9.64 Å². The Morgan fingerprint density at radius 2 is 1.85 bits per heavy atom. The summed E-state index contributed by atoms with van der Waals surface area (Å²) in [6.07, 6.45) is 1.88. The summed E-state index contributed by atoms with van der Waals surface area (Å²) in [6.45, 7) is 14.5. The predicted octanol–water partition coefficient (Wildman–Crippen LogP) is 5.82. The van der Waals surface area contributed by atoms with Crippen molar-refractivity contribution in [2.75, 3.05) is 24.5 Å². The number of amides is 1. The molecule has 0 aliphatic carbocycles. The molecular formula is C29H40N2O3. The lowest BCUT2D eigenvalue weighted by Crippen LogP contribution is -2.44. The van der Waals surface area contributed by atoms with E-state index in [0.29, 0.717) is 31.3 Å². The largest absolute Gasteiger partial charge is 0.480 e. The highest BCUT2D eigenvalue weighted by molar-refractivity contribution is 5.84. The first-order chi connectivity index (χ1) is 16.1. The summed E-state index contributed by atoms with van der Waals surface area (Å²) in [5, 5.41) is 0. The summed E-state index contributed by atoms with van der Waals surface area (Å²) in [6, 6.07) is 16.5. The minimum Gasteiger partial charge on any atom is -0.480 e. The Morgan fingerprint density at radius 3 is 2.47 bits per heavy atom. The van der Waals surface area contributed by atoms with Crippen molar-refractivity contribution < 1.29 is 14.3 Å². The van der Waals surface area contributed by atoms with Gasteiger partial charge in [0, 0.05) is 37.9 Å². The highest BCUT2D eigenvalue weighted by atomic mass is 16.5. The Morgan fingerprint density at radius 1 is 1.15 bits per heavy atom. The van der Waals surface area contributed by atoms with Gasteiger partial charge in [-0.3, -0.25) is 9.59 Å². The maximum Gasteiger partial charge on any atom is 0.227 e. The second-order valence-corrected chi connectivity index (χ2v) is 10.2. The molecule has 0 N–H and O–H groups in total. The second-order valence-electron chi connectivity index (χ2n) is 10.2. The van der Waals surface area contributed by atoms with Crippen molar-refractivity contribution in [2.24, 2.45) is 5.92 Å². The molecule has 2 aromatic carbocycles. The number of ketones is 1. The van der Waals surface area contributed by atoms with Gasteiger partial charge >= 0.3 is 0 Å². The molecule has 1 amide bonds. The Labute approximate surface area is 205 Å². The first-order valence-electron chi connectivity index (χ1n) is 12.5. The van der Waals surface area contributed by atoms with Crippen LogP contribution >= 0.6 is 0 Å². The molecule has 0 aromatic heterocycles. The zero-order valence-corrected chi connectivity index (χ0v) is 21.6. The molecule has 5 heteroatoms. The number of ether oxygens (including phenoxy) is 1. The Balaban J connectivity index is 1.68. The van der Waals surface area contributed by atoms with Gasteiger partial charge in [-0.05, 0) is 69.7 Å². The number of rotatable bonds is 9. The SMILES string of the molecule is CCN(Cc1ccc(C(C)C)cc1)C(=O)C1CCCN(c2cccc(OC(C)(C)C(C)=O)c2)C1. The Bertz CT molecular complexity index is 981. The molecule has 1 unspecified atom stereocenters. The quantitative estimate of drug-likeness (QED) is 0.469. The minimum atomic E-state index is -0.867. The van der Waals surface area contributed by atoms with E-state index in [1.807, 2.05) is 29.2 Å². The monoisotopic (exact) mass is 464 g/mol. The Kier molecular flexibility index (Phi) is 8.40. The fraction of sp³-hybridized carbons (Fsp3) is 0.517. The van der Waals surface area contributed by atoms with Crippen molar-refractivity contribution in [3.05, 3.63) is 59.7 Å². The number of Topliss-reactive ketones (excluding diaryl/α,β-unsaturated/α-hetero) is 1. The van der Waals surface area contributed by atoms with Crippen LogP contribution in [0, 0.1) is 5.92 Å². The molecule has 1 aliphatic rings. The molecule has 1 saturated heterocycles. The van der Waals surface area contributed by atoms with Gasteiger partial charge in [0.25, 0.3) is 0 Å². The van der Waals surface area contributed by atoms with Crippen molar-refractivity contribution in [2.45, 2.75) is 72.4 Å². The average Bonchev–Trinajstić information content (AvgIpc) is 2.82. The van der Waals surface area contributed by atoms with Crippen molar-refractivity contribution >= 4 is 17.4 Å². The second kappa shape index (κ2) is 11.1. The van der Waals surface area contributed by atoms with Gasteiger partial charge < -0.3 is 14.5 Å². The summed E-state index contributed by atoms with van der Waals surface area (Å²) in [7, 11) is 0. The number of hydrogen-bond donors (Lipinski definition) is 0. The Hall–Kier alpha value is -2.82. The third-order valence-electron chi connectivity index (χ3n) is 6.89. The zero-order chi connectivity index (χ0) is 24.9. The van der Waals surface area contributed by atoms with E-state index < -0.39 is 5.60 Å². The van der Waals surface area contributed by atoms with Gasteiger partial charge in [0.05, 0.1) is 5.92 Å². The normalized spacial score (nSPS) is 16.4. The average molecular weight is 465 g/mol. The number of nitrogens with zero attached hydrogens (tertiary/aromatic N) is 2. The van der Waals surface area contributed by atoms with Crippen LogP contribution in [0.3, 0.4) is 0 Å². The maximum absolute atomic E-state index is 13.5. The zero-order valence-electron chi connectivity index (χ0n) is 21.6. The third kappa shape index (κ3) is 6.40. The van der Waals surface area contributed by atoms with Crippen molar-refractivity contribution in [1.82, 2.24) is 4.90 Å².